The van der Waals surface area contributed by atoms with Gasteiger partial charge in [0, 0.05) is 58.0 Å². The first-order valence-corrected chi connectivity index (χ1v) is 24.3. The lowest BCUT2D eigenvalue weighted by Gasteiger charge is -2.44. The summed E-state index contributed by atoms with van der Waals surface area (Å²) in [5.74, 6) is -0.602. The quantitative estimate of drug-likeness (QED) is 0.228. The van der Waals surface area contributed by atoms with Crippen LogP contribution >= 0.6 is 0 Å². The number of rotatable bonds is 14. The van der Waals surface area contributed by atoms with Crippen LogP contribution < -0.4 is 19.7 Å². The van der Waals surface area contributed by atoms with Crippen LogP contribution in [0, 0.1) is 0 Å². The highest BCUT2D eigenvalue weighted by atomic mass is 32.2. The molecule has 62 heavy (non-hydrogen) atoms. The first-order valence-electron chi connectivity index (χ1n) is 22.3. The van der Waals surface area contributed by atoms with Gasteiger partial charge in [-0.05, 0) is 112 Å². The Morgan fingerprint density at radius 3 is 2.05 bits per heavy atom. The van der Waals surface area contributed by atoms with Gasteiger partial charge in [0.25, 0.3) is 11.8 Å². The van der Waals surface area contributed by atoms with Crippen LogP contribution in [0.25, 0.3) is 0 Å². The number of hydrogen-bond donors (Lipinski definition) is 1. The smallest absolute Gasteiger partial charge is 0.264 e. The largest absolute Gasteiger partial charge is 0.493 e. The van der Waals surface area contributed by atoms with Crippen molar-refractivity contribution in [2.75, 3.05) is 96.1 Å². The van der Waals surface area contributed by atoms with Gasteiger partial charge in [0.05, 0.1) is 48.2 Å². The number of benzene rings is 3. The summed E-state index contributed by atoms with van der Waals surface area (Å²) in [6.45, 7) is 11.8. The molecule has 1 N–H and O–H groups in total. The van der Waals surface area contributed by atoms with Gasteiger partial charge in [-0.25, -0.2) is 8.42 Å². The summed E-state index contributed by atoms with van der Waals surface area (Å²) < 4.78 is 36.7. The molecule has 0 radical (unpaired) electrons. The zero-order chi connectivity index (χ0) is 43.5. The third-order valence-electron chi connectivity index (χ3n) is 13.7. The second kappa shape index (κ2) is 18.9. The summed E-state index contributed by atoms with van der Waals surface area (Å²) in [6, 6.07) is 18.4. The number of anilines is 1. The summed E-state index contributed by atoms with van der Waals surface area (Å²) in [4.78, 5) is 63.4. The number of carbonyl (C=O) groups is 4. The van der Waals surface area contributed by atoms with Crippen LogP contribution in [0.5, 0.6) is 11.5 Å². The molecule has 3 aromatic carbocycles. The van der Waals surface area contributed by atoms with E-state index >= 15 is 0 Å². The number of likely N-dealkylation sites (tertiary alicyclic amines) is 2. The molecule has 5 aliphatic rings. The molecule has 0 saturated carbocycles. The minimum Gasteiger partial charge on any atom is -0.493 e. The summed E-state index contributed by atoms with van der Waals surface area (Å²) in [5.41, 5.74) is 4.15. The maximum Gasteiger partial charge on any atom is 0.264 e. The zero-order valence-corrected chi connectivity index (χ0v) is 37.0. The van der Waals surface area contributed by atoms with Crippen LogP contribution in [0.2, 0.25) is 0 Å². The molecule has 15 heteroatoms. The Balaban J connectivity index is 0.811. The number of piperidine rings is 3. The SMILES string of the molecule is CCOc1cc(C(CS(C)(=O)=O)N2C(=O)c3cccc(N4CCN(C5CCN(CCN6CCC(c7ccc(C8CCC(=O)NC8=O)cc7)CC6)CC5)CC4)c3C2=O)ccc1OC. The highest BCUT2D eigenvalue weighted by Crippen LogP contribution is 2.40. The third kappa shape index (κ3) is 9.55. The Hall–Kier alpha value is -4.83. The number of carbonyl (C=O) groups excluding carboxylic acids is 4. The van der Waals surface area contributed by atoms with Crippen LogP contribution in [0.3, 0.4) is 0 Å². The first-order chi connectivity index (χ1) is 29.9. The number of hydrogen-bond acceptors (Lipinski definition) is 12. The molecule has 0 aromatic heterocycles. The fraction of sp³-hybridized carbons (Fsp3) is 0.532. The van der Waals surface area contributed by atoms with E-state index in [0.29, 0.717) is 65.3 Å². The van der Waals surface area contributed by atoms with Crippen molar-refractivity contribution in [3.05, 3.63) is 88.5 Å². The Bertz CT molecular complexity index is 2250. The Labute approximate surface area is 365 Å². The van der Waals surface area contributed by atoms with E-state index < -0.39 is 33.4 Å². The molecule has 0 spiro atoms. The molecule has 2 unspecified atom stereocenters. The number of piperazine rings is 1. The van der Waals surface area contributed by atoms with Crippen LogP contribution in [-0.2, 0) is 19.4 Å². The lowest BCUT2D eigenvalue weighted by molar-refractivity contribution is -0.134. The summed E-state index contributed by atoms with van der Waals surface area (Å²) in [6.07, 6.45) is 6.59. The predicted molar refractivity (Wildman–Crippen MR) is 237 cm³/mol. The van der Waals surface area contributed by atoms with Gasteiger partial charge < -0.3 is 24.2 Å². The molecule has 0 aliphatic carbocycles. The standard InChI is InChI=1S/C47H60N6O8S/c1-4-61-42-30-35(12-14-41(42)60-2)40(31-62(3,58)59)53-46(56)38-6-5-7-39(44(38)47(53)57)52-28-26-51(27-29-52)36-18-22-50(23-19-36)25-24-49-20-16-33(17-21-49)32-8-10-34(11-9-32)37-13-15-43(54)48-45(37)55/h5-12,14,30,33,36-37,40H,4,13,15-29,31H2,1-3H3,(H,48,54,55). The van der Waals surface area contributed by atoms with Crippen LogP contribution in [-0.4, -0.2) is 149 Å². The molecule has 5 heterocycles. The van der Waals surface area contributed by atoms with Crippen molar-refractivity contribution < 1.29 is 37.1 Å². The van der Waals surface area contributed by atoms with E-state index in [4.69, 9.17) is 9.47 Å². The van der Waals surface area contributed by atoms with Crippen molar-refractivity contribution in [2.24, 2.45) is 0 Å². The van der Waals surface area contributed by atoms with Crippen molar-refractivity contribution in [2.45, 2.75) is 69.4 Å². The van der Waals surface area contributed by atoms with Crippen LogP contribution in [0.15, 0.2) is 60.7 Å². The second-order valence-corrected chi connectivity index (χ2v) is 19.7. The highest BCUT2D eigenvalue weighted by molar-refractivity contribution is 7.90. The fourth-order valence-electron chi connectivity index (χ4n) is 10.2. The van der Waals surface area contributed by atoms with Gasteiger partial charge in [0.2, 0.25) is 11.8 Å². The molecule has 0 bridgehead atoms. The number of sulfone groups is 1. The van der Waals surface area contributed by atoms with Gasteiger partial charge in [-0.3, -0.25) is 34.3 Å². The average molecular weight is 869 g/mol. The van der Waals surface area contributed by atoms with E-state index in [9.17, 15) is 27.6 Å². The van der Waals surface area contributed by atoms with Gasteiger partial charge in [-0.2, -0.15) is 0 Å². The number of nitrogens with one attached hydrogen (secondary N) is 1. The van der Waals surface area contributed by atoms with Crippen molar-refractivity contribution in [3.63, 3.8) is 0 Å². The molecule has 14 nitrogen and oxygen atoms in total. The van der Waals surface area contributed by atoms with Crippen LogP contribution in [0.4, 0.5) is 5.69 Å². The van der Waals surface area contributed by atoms with Crippen molar-refractivity contribution in [3.8, 4) is 11.5 Å². The molecule has 332 valence electrons. The Morgan fingerprint density at radius 1 is 0.758 bits per heavy atom. The highest BCUT2D eigenvalue weighted by Gasteiger charge is 2.44. The molecule has 2 atom stereocenters. The van der Waals surface area contributed by atoms with Gasteiger partial charge in [-0.15, -0.1) is 0 Å². The molecule has 5 aliphatic heterocycles. The summed E-state index contributed by atoms with van der Waals surface area (Å²) in [5, 5.41) is 2.47. The van der Waals surface area contributed by atoms with E-state index in [-0.39, 0.29) is 17.7 Å². The zero-order valence-electron chi connectivity index (χ0n) is 36.2. The monoisotopic (exact) mass is 868 g/mol. The molecule has 4 saturated heterocycles. The van der Waals surface area contributed by atoms with E-state index in [0.717, 1.165) is 108 Å². The normalized spacial score (nSPS) is 21.9. The Morgan fingerprint density at radius 2 is 1.42 bits per heavy atom. The Kier molecular flexibility index (Phi) is 13.3. The number of amides is 4. The molecular weight excluding hydrogens is 809 g/mol. The topological polar surface area (TPSA) is 149 Å². The van der Waals surface area contributed by atoms with Crippen molar-refractivity contribution in [1.82, 2.24) is 24.9 Å². The number of nitrogens with zero attached hydrogens (tertiary/aromatic N) is 5. The van der Waals surface area contributed by atoms with E-state index in [2.05, 4.69) is 49.2 Å². The second-order valence-electron chi connectivity index (χ2n) is 17.5. The third-order valence-corrected chi connectivity index (χ3v) is 14.6. The fourth-order valence-corrected chi connectivity index (χ4v) is 11.1. The minimum atomic E-state index is -3.61. The number of fused-ring (bicyclic) bond motifs is 1. The van der Waals surface area contributed by atoms with Gasteiger partial charge in [0.1, 0.15) is 9.84 Å². The first kappa shape index (κ1) is 43.8. The number of imide groups is 2. The number of methoxy groups -OCH3 is 1. The van der Waals surface area contributed by atoms with E-state index in [1.165, 1.54) is 12.7 Å². The van der Waals surface area contributed by atoms with Gasteiger partial charge in [0.15, 0.2) is 11.5 Å². The predicted octanol–water partition coefficient (Wildman–Crippen LogP) is 4.46. The van der Waals surface area contributed by atoms with E-state index in [1.54, 1.807) is 24.3 Å². The molecular formula is C47H60N6O8S. The average Bonchev–Trinajstić information content (AvgIpc) is 3.53. The van der Waals surface area contributed by atoms with Crippen molar-refractivity contribution in [1.29, 1.82) is 0 Å². The maximum absolute atomic E-state index is 14.3. The van der Waals surface area contributed by atoms with Gasteiger partial charge in [-0.1, -0.05) is 36.4 Å². The lowest BCUT2D eigenvalue weighted by atomic mass is 9.86. The molecule has 4 fully saturated rings. The number of ether oxygens (including phenoxy) is 2. The summed E-state index contributed by atoms with van der Waals surface area (Å²) >= 11 is 0. The molecule has 8 rings (SSSR count). The van der Waals surface area contributed by atoms with Crippen LogP contribution in [0.1, 0.15) is 101 Å². The molecule has 3 aromatic rings. The van der Waals surface area contributed by atoms with Crippen molar-refractivity contribution >= 4 is 39.2 Å². The molecule has 4 amide bonds. The van der Waals surface area contributed by atoms with E-state index in [1.807, 2.05) is 19.1 Å². The lowest BCUT2D eigenvalue weighted by Crippen LogP contribution is -2.54. The van der Waals surface area contributed by atoms with Gasteiger partial charge >= 0.3 is 0 Å². The maximum atomic E-state index is 14.3. The minimum absolute atomic E-state index is 0.181. The summed E-state index contributed by atoms with van der Waals surface area (Å²) in [7, 11) is -2.09.